The van der Waals surface area contributed by atoms with Crippen LogP contribution in [0.4, 0.5) is 0 Å². The van der Waals surface area contributed by atoms with Gasteiger partial charge in [-0.2, -0.15) is 5.26 Å². The van der Waals surface area contributed by atoms with Crippen molar-refractivity contribution >= 4 is 5.57 Å². The standard InChI is InChI=1S/C19H21N3/c1-21-11-5-8-19(21)18(14-20)17-9-12-22(13-10-17)15-16-6-3-2-4-7-16/h2-8,11H,9-10,12-13,15H2,1H3. The van der Waals surface area contributed by atoms with Gasteiger partial charge in [0.2, 0.25) is 0 Å². The van der Waals surface area contributed by atoms with E-state index in [1.807, 2.05) is 29.9 Å². The first-order chi connectivity index (χ1) is 10.8. The quantitative estimate of drug-likeness (QED) is 0.809. The number of benzene rings is 1. The van der Waals surface area contributed by atoms with E-state index in [1.165, 1.54) is 11.1 Å². The van der Waals surface area contributed by atoms with Gasteiger partial charge < -0.3 is 4.57 Å². The van der Waals surface area contributed by atoms with Gasteiger partial charge in [-0.15, -0.1) is 0 Å². The zero-order chi connectivity index (χ0) is 15.4. The Morgan fingerprint density at radius 3 is 2.41 bits per heavy atom. The average molecular weight is 291 g/mol. The summed E-state index contributed by atoms with van der Waals surface area (Å²) < 4.78 is 2.03. The number of hydrogen-bond acceptors (Lipinski definition) is 2. The molecule has 0 aliphatic carbocycles. The largest absolute Gasteiger partial charge is 0.350 e. The Morgan fingerprint density at radius 2 is 1.82 bits per heavy atom. The van der Waals surface area contributed by atoms with Crippen LogP contribution in [0.1, 0.15) is 24.1 Å². The second-order valence-electron chi connectivity index (χ2n) is 5.86. The Bertz CT molecular complexity index is 694. The van der Waals surface area contributed by atoms with Crippen LogP contribution in [0, 0.1) is 11.3 Å². The van der Waals surface area contributed by atoms with E-state index in [-0.39, 0.29) is 0 Å². The van der Waals surface area contributed by atoms with Crippen LogP contribution in [0.3, 0.4) is 0 Å². The number of hydrogen-bond donors (Lipinski definition) is 0. The van der Waals surface area contributed by atoms with Crippen molar-refractivity contribution in [3.8, 4) is 6.07 Å². The summed E-state index contributed by atoms with van der Waals surface area (Å²) in [4.78, 5) is 2.47. The number of rotatable bonds is 3. The summed E-state index contributed by atoms with van der Waals surface area (Å²) >= 11 is 0. The van der Waals surface area contributed by atoms with Gasteiger partial charge in [-0.25, -0.2) is 0 Å². The second-order valence-corrected chi connectivity index (χ2v) is 5.86. The fraction of sp³-hybridized carbons (Fsp3) is 0.316. The molecule has 1 saturated heterocycles. The summed E-state index contributed by atoms with van der Waals surface area (Å²) in [5.74, 6) is 0. The first-order valence-corrected chi connectivity index (χ1v) is 7.78. The molecule has 1 fully saturated rings. The van der Waals surface area contributed by atoms with Crippen LogP contribution in [0.2, 0.25) is 0 Å². The van der Waals surface area contributed by atoms with Crippen LogP contribution >= 0.6 is 0 Å². The monoisotopic (exact) mass is 291 g/mol. The van der Waals surface area contributed by atoms with E-state index in [1.54, 1.807) is 0 Å². The number of piperidine rings is 1. The van der Waals surface area contributed by atoms with Crippen LogP contribution in [0.15, 0.2) is 54.2 Å². The van der Waals surface area contributed by atoms with Crippen LogP contribution in [0.25, 0.3) is 5.57 Å². The SMILES string of the molecule is Cn1cccc1C(C#N)=C1CCN(Cc2ccccc2)CC1. The van der Waals surface area contributed by atoms with Crippen LogP contribution in [-0.4, -0.2) is 22.6 Å². The van der Waals surface area contributed by atoms with Gasteiger partial charge in [0.25, 0.3) is 0 Å². The third kappa shape index (κ3) is 3.13. The molecule has 0 spiro atoms. The predicted molar refractivity (Wildman–Crippen MR) is 88.9 cm³/mol. The number of likely N-dealkylation sites (tertiary alicyclic amines) is 1. The summed E-state index contributed by atoms with van der Waals surface area (Å²) in [6, 6.07) is 17.0. The highest BCUT2D eigenvalue weighted by molar-refractivity contribution is 5.77. The average Bonchev–Trinajstić information content (AvgIpc) is 2.97. The van der Waals surface area contributed by atoms with Gasteiger partial charge in [-0.1, -0.05) is 30.3 Å². The van der Waals surface area contributed by atoms with Gasteiger partial charge in [-0.05, 0) is 36.1 Å². The maximum atomic E-state index is 9.54. The van der Waals surface area contributed by atoms with E-state index >= 15 is 0 Å². The maximum absolute atomic E-state index is 9.54. The fourth-order valence-electron chi connectivity index (χ4n) is 3.11. The van der Waals surface area contributed by atoms with Crippen molar-refractivity contribution in [1.82, 2.24) is 9.47 Å². The molecule has 1 aliphatic heterocycles. The van der Waals surface area contributed by atoms with Crippen LogP contribution in [-0.2, 0) is 13.6 Å². The van der Waals surface area contributed by atoms with Crippen molar-refractivity contribution in [2.24, 2.45) is 7.05 Å². The molecule has 0 amide bonds. The Labute approximate surface area is 132 Å². The Hall–Kier alpha value is -2.31. The van der Waals surface area contributed by atoms with Gasteiger partial charge in [0.15, 0.2) is 0 Å². The molecular weight excluding hydrogens is 270 g/mol. The lowest BCUT2D eigenvalue weighted by Crippen LogP contribution is -2.30. The molecule has 1 aromatic carbocycles. The van der Waals surface area contributed by atoms with Crippen molar-refractivity contribution < 1.29 is 0 Å². The van der Waals surface area contributed by atoms with E-state index in [2.05, 4.69) is 41.3 Å². The number of aryl methyl sites for hydroxylation is 1. The Morgan fingerprint density at radius 1 is 1.09 bits per heavy atom. The summed E-state index contributed by atoms with van der Waals surface area (Å²) in [7, 11) is 2.00. The molecule has 3 rings (SSSR count). The number of aromatic nitrogens is 1. The molecule has 0 unspecified atom stereocenters. The summed E-state index contributed by atoms with van der Waals surface area (Å²) in [6.45, 7) is 3.06. The molecule has 0 radical (unpaired) electrons. The summed E-state index contributed by atoms with van der Waals surface area (Å²) in [5, 5.41) is 9.54. The van der Waals surface area contributed by atoms with E-state index in [4.69, 9.17) is 0 Å². The smallest absolute Gasteiger partial charge is 0.101 e. The van der Waals surface area contributed by atoms with Crippen LogP contribution < -0.4 is 0 Å². The molecule has 112 valence electrons. The van der Waals surface area contributed by atoms with E-state index in [0.29, 0.717) is 0 Å². The molecule has 3 nitrogen and oxygen atoms in total. The lowest BCUT2D eigenvalue weighted by atomic mass is 9.96. The van der Waals surface area contributed by atoms with Gasteiger partial charge in [0, 0.05) is 32.9 Å². The topological polar surface area (TPSA) is 32.0 Å². The van der Waals surface area contributed by atoms with E-state index in [9.17, 15) is 5.26 Å². The minimum absolute atomic E-state index is 0.867. The molecule has 0 N–H and O–H groups in total. The molecule has 3 heteroatoms. The molecule has 2 heterocycles. The minimum Gasteiger partial charge on any atom is -0.350 e. The molecule has 0 bridgehead atoms. The molecule has 0 saturated carbocycles. The van der Waals surface area contributed by atoms with Gasteiger partial charge in [0.1, 0.15) is 6.07 Å². The lowest BCUT2D eigenvalue weighted by Gasteiger charge is -2.29. The molecule has 22 heavy (non-hydrogen) atoms. The molecule has 2 aromatic rings. The third-order valence-corrected chi connectivity index (χ3v) is 4.37. The number of nitriles is 1. The summed E-state index contributed by atoms with van der Waals surface area (Å²) in [6.07, 6.45) is 3.97. The highest BCUT2D eigenvalue weighted by Crippen LogP contribution is 2.27. The normalized spacial score (nSPS) is 15.5. The summed E-state index contributed by atoms with van der Waals surface area (Å²) in [5.41, 5.74) is 4.56. The van der Waals surface area contributed by atoms with Crippen LogP contribution in [0.5, 0.6) is 0 Å². The van der Waals surface area contributed by atoms with Crippen molar-refractivity contribution in [2.75, 3.05) is 13.1 Å². The van der Waals surface area contributed by atoms with Crippen molar-refractivity contribution in [2.45, 2.75) is 19.4 Å². The Balaban J connectivity index is 1.69. The predicted octanol–water partition coefficient (Wildman–Crippen LogP) is 3.60. The minimum atomic E-state index is 0.867. The third-order valence-electron chi connectivity index (χ3n) is 4.37. The van der Waals surface area contributed by atoms with Gasteiger partial charge >= 0.3 is 0 Å². The van der Waals surface area contributed by atoms with Crippen molar-refractivity contribution in [3.63, 3.8) is 0 Å². The molecule has 1 aliphatic rings. The first-order valence-electron chi connectivity index (χ1n) is 7.78. The highest BCUT2D eigenvalue weighted by atomic mass is 15.1. The second kappa shape index (κ2) is 6.64. The fourth-order valence-corrected chi connectivity index (χ4v) is 3.11. The Kier molecular flexibility index (Phi) is 4.41. The number of nitrogens with zero attached hydrogens (tertiary/aromatic N) is 3. The van der Waals surface area contributed by atoms with E-state index in [0.717, 1.165) is 43.7 Å². The van der Waals surface area contributed by atoms with Crippen molar-refractivity contribution in [3.05, 3.63) is 65.5 Å². The first kappa shape index (κ1) is 14.6. The van der Waals surface area contributed by atoms with Gasteiger partial charge in [0.05, 0.1) is 11.3 Å². The van der Waals surface area contributed by atoms with E-state index < -0.39 is 0 Å². The van der Waals surface area contributed by atoms with Gasteiger partial charge in [-0.3, -0.25) is 4.90 Å². The molecule has 0 atom stereocenters. The lowest BCUT2D eigenvalue weighted by molar-refractivity contribution is 0.248. The van der Waals surface area contributed by atoms with Crippen molar-refractivity contribution in [1.29, 1.82) is 5.26 Å². The zero-order valence-corrected chi connectivity index (χ0v) is 13.0. The maximum Gasteiger partial charge on any atom is 0.101 e. The highest BCUT2D eigenvalue weighted by Gasteiger charge is 2.19. The molecular formula is C19H21N3. The molecule has 1 aromatic heterocycles. The zero-order valence-electron chi connectivity index (χ0n) is 13.0. The number of allylic oxidation sites excluding steroid dienone is 1.